The molecular weight excluding hydrogens is 416 g/mol. The van der Waals surface area contributed by atoms with E-state index in [1.54, 1.807) is 0 Å². The van der Waals surface area contributed by atoms with Crippen molar-refractivity contribution in [1.82, 2.24) is 9.78 Å². The molecule has 34 heavy (non-hydrogen) atoms. The Kier molecular flexibility index (Phi) is 7.21. The van der Waals surface area contributed by atoms with Gasteiger partial charge in [-0.25, -0.2) is 0 Å². The molecule has 3 nitrogen and oxygen atoms in total. The second-order valence-corrected chi connectivity index (χ2v) is 9.61. The first kappa shape index (κ1) is 22.6. The van der Waals surface area contributed by atoms with Gasteiger partial charge in [0.15, 0.2) is 0 Å². The van der Waals surface area contributed by atoms with Crippen LogP contribution in [0.1, 0.15) is 36.9 Å². The summed E-state index contributed by atoms with van der Waals surface area (Å²) in [6.07, 6.45) is 4.99. The molecule has 1 fully saturated rings. The molecule has 174 valence electrons. The third kappa shape index (κ3) is 5.31. The lowest BCUT2D eigenvalue weighted by atomic mass is 9.82. The summed E-state index contributed by atoms with van der Waals surface area (Å²) in [5.41, 5.74) is 7.29. The SMILES string of the molecule is Cc1c(-c2ccccc2)c(-c2ccccc2)nn1C[C@H]1CC[C@H](COCc2ccccc2)CC1. The van der Waals surface area contributed by atoms with Crippen LogP contribution in [-0.4, -0.2) is 16.4 Å². The number of ether oxygens (including phenoxy) is 1. The molecule has 3 aromatic carbocycles. The minimum absolute atomic E-state index is 0.677. The van der Waals surface area contributed by atoms with Gasteiger partial charge in [0.05, 0.1) is 6.61 Å². The first-order chi connectivity index (χ1) is 16.8. The van der Waals surface area contributed by atoms with Gasteiger partial charge in [0, 0.05) is 30.0 Å². The highest BCUT2D eigenvalue weighted by Gasteiger charge is 2.24. The number of nitrogens with zero attached hydrogens (tertiary/aromatic N) is 2. The van der Waals surface area contributed by atoms with Gasteiger partial charge in [-0.05, 0) is 55.6 Å². The normalized spacial score (nSPS) is 18.1. The predicted molar refractivity (Wildman–Crippen MR) is 139 cm³/mol. The van der Waals surface area contributed by atoms with Crippen molar-refractivity contribution in [3.05, 3.63) is 102 Å². The van der Waals surface area contributed by atoms with Gasteiger partial charge in [-0.3, -0.25) is 4.68 Å². The van der Waals surface area contributed by atoms with Crippen LogP contribution in [0.2, 0.25) is 0 Å². The van der Waals surface area contributed by atoms with Crippen molar-refractivity contribution in [3.8, 4) is 22.4 Å². The largest absolute Gasteiger partial charge is 0.376 e. The maximum atomic E-state index is 6.03. The zero-order valence-corrected chi connectivity index (χ0v) is 20.1. The lowest BCUT2D eigenvalue weighted by Gasteiger charge is -2.28. The summed E-state index contributed by atoms with van der Waals surface area (Å²) in [5.74, 6) is 1.36. The van der Waals surface area contributed by atoms with Crippen LogP contribution in [0.4, 0.5) is 0 Å². The minimum Gasteiger partial charge on any atom is -0.376 e. The molecule has 0 bridgehead atoms. The van der Waals surface area contributed by atoms with Crippen LogP contribution in [0, 0.1) is 18.8 Å². The quantitative estimate of drug-likeness (QED) is 0.277. The van der Waals surface area contributed by atoms with Gasteiger partial charge in [-0.2, -0.15) is 5.10 Å². The maximum absolute atomic E-state index is 6.03. The highest BCUT2D eigenvalue weighted by atomic mass is 16.5. The first-order valence-electron chi connectivity index (χ1n) is 12.6. The van der Waals surface area contributed by atoms with Crippen LogP contribution >= 0.6 is 0 Å². The van der Waals surface area contributed by atoms with Crippen molar-refractivity contribution in [3.63, 3.8) is 0 Å². The van der Waals surface area contributed by atoms with E-state index in [4.69, 9.17) is 9.84 Å². The summed E-state index contributed by atoms with van der Waals surface area (Å²) in [6.45, 7) is 4.82. The summed E-state index contributed by atoms with van der Waals surface area (Å²) >= 11 is 0. The van der Waals surface area contributed by atoms with Gasteiger partial charge in [0.1, 0.15) is 5.69 Å². The van der Waals surface area contributed by atoms with E-state index in [0.29, 0.717) is 11.8 Å². The predicted octanol–water partition coefficient (Wildman–Crippen LogP) is 7.55. The van der Waals surface area contributed by atoms with E-state index in [0.717, 1.165) is 25.5 Å². The molecule has 1 aromatic heterocycles. The molecule has 3 heteroatoms. The Bertz CT molecular complexity index is 1160. The lowest BCUT2D eigenvalue weighted by Crippen LogP contribution is -2.22. The lowest BCUT2D eigenvalue weighted by molar-refractivity contribution is 0.0653. The Balaban J connectivity index is 1.24. The molecule has 0 radical (unpaired) electrons. The number of aromatic nitrogens is 2. The molecule has 1 aliphatic rings. The second kappa shape index (κ2) is 10.8. The van der Waals surface area contributed by atoms with Crippen molar-refractivity contribution in [2.24, 2.45) is 11.8 Å². The van der Waals surface area contributed by atoms with Gasteiger partial charge in [-0.15, -0.1) is 0 Å². The Labute approximate surface area is 203 Å². The highest BCUT2D eigenvalue weighted by Crippen LogP contribution is 2.36. The van der Waals surface area contributed by atoms with Crippen LogP contribution in [-0.2, 0) is 17.9 Å². The zero-order valence-electron chi connectivity index (χ0n) is 20.1. The molecule has 0 saturated heterocycles. The van der Waals surface area contributed by atoms with E-state index >= 15 is 0 Å². The smallest absolute Gasteiger partial charge is 0.100 e. The summed E-state index contributed by atoms with van der Waals surface area (Å²) in [6, 6.07) is 31.8. The molecule has 0 spiro atoms. The topological polar surface area (TPSA) is 27.1 Å². The monoisotopic (exact) mass is 450 g/mol. The Hall–Kier alpha value is -3.17. The molecule has 0 aliphatic heterocycles. The maximum Gasteiger partial charge on any atom is 0.100 e. The number of hydrogen-bond acceptors (Lipinski definition) is 2. The fraction of sp³-hybridized carbons (Fsp3) is 0.323. The molecule has 1 saturated carbocycles. The Morgan fingerprint density at radius 3 is 1.94 bits per heavy atom. The zero-order chi connectivity index (χ0) is 23.2. The van der Waals surface area contributed by atoms with Crippen LogP contribution < -0.4 is 0 Å². The van der Waals surface area contributed by atoms with Crippen LogP contribution in [0.15, 0.2) is 91.0 Å². The molecule has 4 aromatic rings. The van der Waals surface area contributed by atoms with Crippen LogP contribution in [0.3, 0.4) is 0 Å². The number of rotatable bonds is 8. The molecule has 0 amide bonds. The van der Waals surface area contributed by atoms with Gasteiger partial charge < -0.3 is 4.74 Å². The van der Waals surface area contributed by atoms with Crippen molar-refractivity contribution in [2.75, 3.05) is 6.61 Å². The average molecular weight is 451 g/mol. The summed E-state index contributed by atoms with van der Waals surface area (Å²) in [5, 5.41) is 5.14. The summed E-state index contributed by atoms with van der Waals surface area (Å²) in [7, 11) is 0. The van der Waals surface area contributed by atoms with Crippen molar-refractivity contribution >= 4 is 0 Å². The highest BCUT2D eigenvalue weighted by molar-refractivity contribution is 5.82. The average Bonchev–Trinajstić information content (AvgIpc) is 3.22. The molecule has 5 rings (SSSR count). The first-order valence-corrected chi connectivity index (χ1v) is 12.6. The second-order valence-electron chi connectivity index (χ2n) is 9.61. The van der Waals surface area contributed by atoms with Crippen molar-refractivity contribution in [2.45, 2.75) is 45.8 Å². The van der Waals surface area contributed by atoms with Crippen LogP contribution in [0.25, 0.3) is 22.4 Å². The molecular formula is C31H34N2O. The Morgan fingerprint density at radius 2 is 1.29 bits per heavy atom. The van der Waals surface area contributed by atoms with E-state index in [1.165, 1.54) is 53.6 Å². The van der Waals surface area contributed by atoms with Crippen LogP contribution in [0.5, 0.6) is 0 Å². The van der Waals surface area contributed by atoms with Crippen molar-refractivity contribution < 1.29 is 4.74 Å². The van der Waals surface area contributed by atoms with E-state index in [9.17, 15) is 0 Å². The Morgan fingerprint density at radius 1 is 0.735 bits per heavy atom. The van der Waals surface area contributed by atoms with E-state index in [-0.39, 0.29) is 0 Å². The van der Waals surface area contributed by atoms with E-state index in [1.807, 2.05) is 0 Å². The van der Waals surface area contributed by atoms with Crippen molar-refractivity contribution in [1.29, 1.82) is 0 Å². The summed E-state index contributed by atoms with van der Waals surface area (Å²) in [4.78, 5) is 0. The minimum atomic E-state index is 0.677. The standard InChI is InChI=1S/C31H34N2O/c1-24-30(28-13-7-3-8-14-28)31(29-15-9-4-10-16-29)32-33(24)21-25-17-19-27(20-18-25)23-34-22-26-11-5-2-6-12-26/h2-16,25,27H,17-23H2,1H3/t25-,27-. The third-order valence-electron chi connectivity index (χ3n) is 7.18. The fourth-order valence-electron chi connectivity index (χ4n) is 5.22. The van der Waals surface area contributed by atoms with E-state index < -0.39 is 0 Å². The van der Waals surface area contributed by atoms with Gasteiger partial charge in [0.25, 0.3) is 0 Å². The molecule has 0 N–H and O–H groups in total. The fourth-order valence-corrected chi connectivity index (χ4v) is 5.22. The summed E-state index contributed by atoms with van der Waals surface area (Å²) < 4.78 is 8.30. The number of hydrogen-bond donors (Lipinski definition) is 0. The molecule has 0 unspecified atom stereocenters. The molecule has 0 atom stereocenters. The number of benzene rings is 3. The third-order valence-corrected chi connectivity index (χ3v) is 7.18. The van der Waals surface area contributed by atoms with Gasteiger partial charge >= 0.3 is 0 Å². The van der Waals surface area contributed by atoms with E-state index in [2.05, 4.69) is 103 Å². The molecule has 1 heterocycles. The van der Waals surface area contributed by atoms with Gasteiger partial charge in [-0.1, -0.05) is 91.0 Å². The van der Waals surface area contributed by atoms with Gasteiger partial charge in [0.2, 0.25) is 0 Å². The molecule has 1 aliphatic carbocycles.